The number of furan rings is 1. The Bertz CT molecular complexity index is 1080. The van der Waals surface area contributed by atoms with Gasteiger partial charge in [0.1, 0.15) is 0 Å². The Morgan fingerprint density at radius 1 is 1.31 bits per heavy atom. The number of ketones is 1. The number of rotatable bonds is 6. The standard InChI is InChI=1S/C19H17NO5S/c1-3-24-15-7-4-6-12(18(15)23-2)10-16-19(22)20-17(26-16)11-13(21)14-8-5-9-25-14/h4-11H,3H2,1-2H3,(H,20,22)/b16-10-,17-11-. The molecule has 0 aliphatic heterocycles. The topological polar surface area (TPSA) is 81.5 Å². The highest BCUT2D eigenvalue weighted by Gasteiger charge is 2.09. The van der Waals surface area contributed by atoms with Gasteiger partial charge in [-0.1, -0.05) is 12.1 Å². The summed E-state index contributed by atoms with van der Waals surface area (Å²) in [5, 5.41) is 0. The van der Waals surface area contributed by atoms with Crippen LogP contribution in [0, 0.1) is 0 Å². The van der Waals surface area contributed by atoms with E-state index >= 15 is 0 Å². The number of para-hydroxylation sites is 1. The maximum Gasteiger partial charge on any atom is 0.266 e. The van der Waals surface area contributed by atoms with E-state index in [0.29, 0.717) is 27.3 Å². The van der Waals surface area contributed by atoms with Crippen LogP contribution in [0.2, 0.25) is 0 Å². The summed E-state index contributed by atoms with van der Waals surface area (Å²) < 4.78 is 16.9. The number of benzene rings is 1. The number of Topliss-reactive ketones (excluding diaryl/α,β-unsaturated/α-hetero) is 1. The van der Waals surface area contributed by atoms with Crippen molar-refractivity contribution in [3.63, 3.8) is 0 Å². The number of carbonyl (C=O) groups excluding carboxylic acids is 1. The molecule has 6 nitrogen and oxygen atoms in total. The molecular weight excluding hydrogens is 354 g/mol. The highest BCUT2D eigenvalue weighted by Crippen LogP contribution is 2.31. The van der Waals surface area contributed by atoms with Crippen LogP contribution in [-0.2, 0) is 0 Å². The Balaban J connectivity index is 2.04. The van der Waals surface area contributed by atoms with E-state index in [2.05, 4.69) is 4.98 Å². The molecule has 1 N–H and O–H groups in total. The fourth-order valence-corrected chi connectivity index (χ4v) is 3.28. The summed E-state index contributed by atoms with van der Waals surface area (Å²) in [6, 6.07) is 8.67. The van der Waals surface area contributed by atoms with Crippen molar-refractivity contribution >= 4 is 29.3 Å². The van der Waals surface area contributed by atoms with Crippen LogP contribution in [-0.4, -0.2) is 24.5 Å². The number of aromatic nitrogens is 1. The molecule has 0 aliphatic carbocycles. The van der Waals surface area contributed by atoms with Crippen LogP contribution in [0.3, 0.4) is 0 Å². The van der Waals surface area contributed by atoms with Gasteiger partial charge in [-0.15, -0.1) is 11.3 Å². The van der Waals surface area contributed by atoms with Crippen LogP contribution in [0.15, 0.2) is 45.8 Å². The number of aromatic amines is 1. The molecule has 0 saturated heterocycles. The zero-order valence-electron chi connectivity index (χ0n) is 14.3. The molecule has 3 rings (SSSR count). The van der Waals surface area contributed by atoms with Crippen molar-refractivity contribution < 1.29 is 18.7 Å². The molecule has 0 unspecified atom stereocenters. The van der Waals surface area contributed by atoms with Gasteiger partial charge in [-0.25, -0.2) is 0 Å². The van der Waals surface area contributed by atoms with Crippen molar-refractivity contribution in [2.45, 2.75) is 6.92 Å². The average Bonchev–Trinajstić information content (AvgIpc) is 3.26. The highest BCUT2D eigenvalue weighted by atomic mass is 32.1. The molecule has 0 atom stereocenters. The van der Waals surface area contributed by atoms with E-state index in [9.17, 15) is 9.59 Å². The molecule has 0 radical (unpaired) electrons. The fraction of sp³-hybridized carbons (Fsp3) is 0.158. The Kier molecular flexibility index (Phi) is 5.38. The van der Waals surface area contributed by atoms with E-state index in [1.165, 1.54) is 23.7 Å². The van der Waals surface area contributed by atoms with E-state index in [0.717, 1.165) is 5.56 Å². The van der Waals surface area contributed by atoms with Crippen molar-refractivity contribution in [2.75, 3.05) is 13.7 Å². The molecule has 0 spiro atoms. The first-order valence-corrected chi connectivity index (χ1v) is 8.74. The van der Waals surface area contributed by atoms with Gasteiger partial charge in [0.15, 0.2) is 17.3 Å². The van der Waals surface area contributed by atoms with Crippen molar-refractivity contribution in [3.8, 4) is 11.5 Å². The van der Waals surface area contributed by atoms with Crippen molar-refractivity contribution in [1.29, 1.82) is 0 Å². The molecule has 0 bridgehead atoms. The average molecular weight is 371 g/mol. The quantitative estimate of drug-likeness (QED) is 0.670. The number of hydrogen-bond donors (Lipinski definition) is 1. The molecule has 26 heavy (non-hydrogen) atoms. The Hall–Kier alpha value is -3.06. The van der Waals surface area contributed by atoms with E-state index in [1.54, 1.807) is 31.4 Å². The van der Waals surface area contributed by atoms with Crippen molar-refractivity contribution in [3.05, 3.63) is 67.5 Å². The minimum Gasteiger partial charge on any atom is -0.492 e. The highest BCUT2D eigenvalue weighted by molar-refractivity contribution is 7.07. The summed E-state index contributed by atoms with van der Waals surface area (Å²) >= 11 is 1.18. The molecule has 0 aliphatic rings. The van der Waals surface area contributed by atoms with Crippen LogP contribution in [0.25, 0.3) is 12.2 Å². The Labute approximate surface area is 153 Å². The lowest BCUT2D eigenvalue weighted by Crippen LogP contribution is -2.20. The van der Waals surface area contributed by atoms with Crippen LogP contribution in [0.4, 0.5) is 0 Å². The molecule has 1 aromatic carbocycles. The zero-order valence-corrected chi connectivity index (χ0v) is 15.1. The lowest BCUT2D eigenvalue weighted by molar-refractivity contribution is 0.103. The predicted octanol–water partition coefficient (Wildman–Crippen LogP) is 1.93. The minimum absolute atomic E-state index is 0.218. The first kappa shape index (κ1) is 17.8. The van der Waals surface area contributed by atoms with Gasteiger partial charge in [-0.3, -0.25) is 9.59 Å². The smallest absolute Gasteiger partial charge is 0.266 e. The SMILES string of the molecule is CCOc1cccc(/C=c2\s/c(=C\C(=O)c3ccco3)[nH]c2=O)c1OC. The van der Waals surface area contributed by atoms with Gasteiger partial charge in [0.05, 0.1) is 29.2 Å². The summed E-state index contributed by atoms with van der Waals surface area (Å²) in [6.07, 6.45) is 4.48. The number of H-pyrrole nitrogens is 1. The fourth-order valence-electron chi connectivity index (χ4n) is 2.41. The van der Waals surface area contributed by atoms with Gasteiger partial charge in [-0.05, 0) is 31.2 Å². The van der Waals surface area contributed by atoms with Gasteiger partial charge < -0.3 is 18.9 Å². The summed E-state index contributed by atoms with van der Waals surface area (Å²) in [7, 11) is 1.55. The van der Waals surface area contributed by atoms with Crippen molar-refractivity contribution in [2.24, 2.45) is 0 Å². The number of nitrogens with one attached hydrogen (secondary N) is 1. The molecule has 7 heteroatoms. The van der Waals surface area contributed by atoms with Gasteiger partial charge in [0.25, 0.3) is 5.56 Å². The molecular formula is C19H17NO5S. The second-order valence-corrected chi connectivity index (χ2v) is 6.31. The van der Waals surface area contributed by atoms with Gasteiger partial charge in [-0.2, -0.15) is 0 Å². The second-order valence-electron chi connectivity index (χ2n) is 5.23. The minimum atomic E-state index is -0.310. The van der Waals surface area contributed by atoms with Crippen LogP contribution >= 0.6 is 11.3 Å². The molecule has 3 aromatic rings. The Morgan fingerprint density at radius 2 is 2.15 bits per heavy atom. The number of carbonyl (C=O) groups is 1. The molecule has 0 saturated carbocycles. The summed E-state index contributed by atoms with van der Waals surface area (Å²) in [6.45, 7) is 2.39. The normalized spacial score (nSPS) is 12.4. The number of thiazole rings is 1. The van der Waals surface area contributed by atoms with Crippen LogP contribution < -0.4 is 24.2 Å². The number of methoxy groups -OCH3 is 1. The van der Waals surface area contributed by atoms with E-state index in [-0.39, 0.29) is 17.1 Å². The molecule has 134 valence electrons. The maximum absolute atomic E-state index is 12.2. The van der Waals surface area contributed by atoms with Crippen molar-refractivity contribution in [1.82, 2.24) is 4.98 Å². The van der Waals surface area contributed by atoms with E-state index in [4.69, 9.17) is 13.9 Å². The summed E-state index contributed by atoms with van der Waals surface area (Å²) in [5.74, 6) is 1.07. The zero-order chi connectivity index (χ0) is 18.5. The Morgan fingerprint density at radius 3 is 2.85 bits per heavy atom. The third kappa shape index (κ3) is 3.78. The molecule has 0 fully saturated rings. The van der Waals surface area contributed by atoms with Gasteiger partial charge in [0, 0.05) is 11.6 Å². The monoisotopic (exact) mass is 371 g/mol. The lowest BCUT2D eigenvalue weighted by Gasteiger charge is -2.11. The first-order chi connectivity index (χ1) is 12.6. The number of hydrogen-bond acceptors (Lipinski definition) is 6. The predicted molar refractivity (Wildman–Crippen MR) is 99.4 cm³/mol. The molecule has 2 aromatic heterocycles. The maximum atomic E-state index is 12.2. The molecule has 2 heterocycles. The third-order valence-electron chi connectivity index (χ3n) is 3.51. The third-order valence-corrected chi connectivity index (χ3v) is 4.47. The van der Waals surface area contributed by atoms with E-state index in [1.807, 2.05) is 19.1 Å². The first-order valence-electron chi connectivity index (χ1n) is 7.92. The van der Waals surface area contributed by atoms with Gasteiger partial charge in [0.2, 0.25) is 5.78 Å². The largest absolute Gasteiger partial charge is 0.492 e. The second kappa shape index (κ2) is 7.88. The number of ether oxygens (including phenoxy) is 2. The van der Waals surface area contributed by atoms with E-state index < -0.39 is 0 Å². The summed E-state index contributed by atoms with van der Waals surface area (Å²) in [4.78, 5) is 27.0. The van der Waals surface area contributed by atoms with Crippen LogP contribution in [0.5, 0.6) is 11.5 Å². The van der Waals surface area contributed by atoms with Crippen LogP contribution in [0.1, 0.15) is 23.0 Å². The summed E-state index contributed by atoms with van der Waals surface area (Å²) in [5.41, 5.74) is 0.437. The van der Waals surface area contributed by atoms with Gasteiger partial charge >= 0.3 is 0 Å². The lowest BCUT2D eigenvalue weighted by atomic mass is 10.2. The molecule has 0 amide bonds.